The summed E-state index contributed by atoms with van der Waals surface area (Å²) < 4.78 is 0. The van der Waals surface area contributed by atoms with E-state index >= 15 is 0 Å². The summed E-state index contributed by atoms with van der Waals surface area (Å²) in [5.41, 5.74) is 6.00. The molecule has 4 heteroatoms. The van der Waals surface area contributed by atoms with Crippen LogP contribution in [0.3, 0.4) is 0 Å². The Morgan fingerprint density at radius 1 is 1.28 bits per heavy atom. The molecule has 1 amide bonds. The van der Waals surface area contributed by atoms with Crippen molar-refractivity contribution in [2.24, 2.45) is 17.6 Å². The highest BCUT2D eigenvalue weighted by Gasteiger charge is 2.32. The third kappa shape index (κ3) is 3.23. The van der Waals surface area contributed by atoms with Gasteiger partial charge in [-0.2, -0.15) is 0 Å². The standard InChI is InChI=1S/C14H26N2O2/c1-10(11-3-2-4-12(15)9-11)14(18)16-7-5-13(17)6-8-16/h10-13,17H,2-9,15H2,1H3. The second-order valence-corrected chi connectivity index (χ2v) is 6.03. The zero-order chi connectivity index (χ0) is 13.1. The molecular formula is C14H26N2O2. The van der Waals surface area contributed by atoms with Crippen LogP contribution in [0.2, 0.25) is 0 Å². The third-order valence-electron chi connectivity index (χ3n) is 4.63. The SMILES string of the molecule is CC(C(=O)N1CCC(O)CC1)C1CCCC(N)C1. The zero-order valence-corrected chi connectivity index (χ0v) is 11.3. The van der Waals surface area contributed by atoms with Gasteiger partial charge in [-0.05, 0) is 38.0 Å². The van der Waals surface area contributed by atoms with Crippen LogP contribution in [0, 0.1) is 11.8 Å². The van der Waals surface area contributed by atoms with E-state index in [0.717, 1.165) is 38.5 Å². The molecule has 2 aliphatic rings. The largest absolute Gasteiger partial charge is 0.393 e. The first-order valence-corrected chi connectivity index (χ1v) is 7.30. The van der Waals surface area contributed by atoms with Gasteiger partial charge in [-0.25, -0.2) is 0 Å². The van der Waals surface area contributed by atoms with Crippen molar-refractivity contribution in [1.29, 1.82) is 0 Å². The molecule has 0 bridgehead atoms. The summed E-state index contributed by atoms with van der Waals surface area (Å²) >= 11 is 0. The quantitative estimate of drug-likeness (QED) is 0.776. The second-order valence-electron chi connectivity index (χ2n) is 6.03. The van der Waals surface area contributed by atoms with Crippen LogP contribution in [0.1, 0.15) is 45.4 Å². The van der Waals surface area contributed by atoms with E-state index in [9.17, 15) is 9.90 Å². The summed E-state index contributed by atoms with van der Waals surface area (Å²) in [5, 5.41) is 9.48. The smallest absolute Gasteiger partial charge is 0.225 e. The molecule has 0 spiro atoms. The molecule has 2 fully saturated rings. The van der Waals surface area contributed by atoms with Crippen molar-refractivity contribution in [2.45, 2.75) is 57.6 Å². The number of rotatable bonds is 2. The number of aliphatic hydroxyl groups excluding tert-OH is 1. The highest BCUT2D eigenvalue weighted by Crippen LogP contribution is 2.31. The summed E-state index contributed by atoms with van der Waals surface area (Å²) in [6, 6.07) is 0.280. The number of hydrogen-bond donors (Lipinski definition) is 2. The van der Waals surface area contributed by atoms with Crippen molar-refractivity contribution in [3.05, 3.63) is 0 Å². The summed E-state index contributed by atoms with van der Waals surface area (Å²) in [4.78, 5) is 14.3. The first kappa shape index (κ1) is 13.8. The van der Waals surface area contributed by atoms with Crippen LogP contribution < -0.4 is 5.73 Å². The van der Waals surface area contributed by atoms with E-state index < -0.39 is 0 Å². The average molecular weight is 254 g/mol. The van der Waals surface area contributed by atoms with Crippen LogP contribution in [-0.2, 0) is 4.79 Å². The van der Waals surface area contributed by atoms with E-state index in [0.29, 0.717) is 19.0 Å². The van der Waals surface area contributed by atoms with Gasteiger partial charge >= 0.3 is 0 Å². The lowest BCUT2D eigenvalue weighted by molar-refractivity contribution is -0.139. The van der Waals surface area contributed by atoms with E-state index in [1.54, 1.807) is 0 Å². The van der Waals surface area contributed by atoms with Crippen molar-refractivity contribution >= 4 is 5.91 Å². The molecule has 0 aromatic heterocycles. The van der Waals surface area contributed by atoms with Gasteiger partial charge < -0.3 is 15.7 Å². The molecule has 1 heterocycles. The van der Waals surface area contributed by atoms with Crippen LogP contribution in [-0.4, -0.2) is 41.1 Å². The molecule has 3 N–H and O–H groups in total. The molecule has 3 unspecified atom stereocenters. The Labute approximate surface area is 110 Å². The van der Waals surface area contributed by atoms with Crippen LogP contribution in [0.25, 0.3) is 0 Å². The fraction of sp³-hybridized carbons (Fsp3) is 0.929. The molecule has 104 valence electrons. The molecule has 3 atom stereocenters. The number of likely N-dealkylation sites (tertiary alicyclic amines) is 1. The van der Waals surface area contributed by atoms with Gasteiger partial charge in [0.25, 0.3) is 0 Å². The van der Waals surface area contributed by atoms with Gasteiger partial charge in [0.2, 0.25) is 5.91 Å². The molecule has 2 rings (SSSR count). The summed E-state index contributed by atoms with van der Waals surface area (Å²) in [5.74, 6) is 0.806. The van der Waals surface area contributed by atoms with Gasteiger partial charge in [-0.3, -0.25) is 4.79 Å². The predicted molar refractivity (Wildman–Crippen MR) is 70.9 cm³/mol. The first-order chi connectivity index (χ1) is 8.58. The van der Waals surface area contributed by atoms with E-state index in [1.807, 2.05) is 4.90 Å². The number of carbonyl (C=O) groups excluding carboxylic acids is 1. The normalized spacial score (nSPS) is 32.3. The minimum atomic E-state index is -0.215. The summed E-state index contributed by atoms with van der Waals surface area (Å²) in [7, 11) is 0. The Morgan fingerprint density at radius 3 is 2.56 bits per heavy atom. The maximum atomic E-state index is 12.4. The van der Waals surface area contributed by atoms with Crippen LogP contribution in [0.5, 0.6) is 0 Å². The minimum Gasteiger partial charge on any atom is -0.393 e. The second kappa shape index (κ2) is 6.02. The highest BCUT2D eigenvalue weighted by atomic mass is 16.3. The minimum absolute atomic E-state index is 0.0894. The molecule has 4 nitrogen and oxygen atoms in total. The lowest BCUT2D eigenvalue weighted by Crippen LogP contribution is -2.45. The number of hydrogen-bond acceptors (Lipinski definition) is 3. The molecule has 1 aliphatic carbocycles. The van der Waals surface area contributed by atoms with Crippen molar-refractivity contribution in [3.8, 4) is 0 Å². The van der Waals surface area contributed by atoms with Gasteiger partial charge in [-0.15, -0.1) is 0 Å². The Hall–Kier alpha value is -0.610. The molecule has 0 radical (unpaired) electrons. The Bertz CT molecular complexity index is 288. The van der Waals surface area contributed by atoms with Crippen molar-refractivity contribution in [2.75, 3.05) is 13.1 Å². The van der Waals surface area contributed by atoms with E-state index in [-0.39, 0.29) is 24.0 Å². The molecular weight excluding hydrogens is 228 g/mol. The van der Waals surface area contributed by atoms with Crippen LogP contribution in [0.4, 0.5) is 0 Å². The summed E-state index contributed by atoms with van der Waals surface area (Å²) in [6.45, 7) is 3.47. The number of carbonyl (C=O) groups is 1. The Balaban J connectivity index is 1.87. The number of aliphatic hydroxyl groups is 1. The van der Waals surface area contributed by atoms with Gasteiger partial charge in [0, 0.05) is 25.0 Å². The predicted octanol–water partition coefficient (Wildman–Crippen LogP) is 1.12. The van der Waals surface area contributed by atoms with E-state index in [4.69, 9.17) is 5.73 Å². The molecule has 1 saturated heterocycles. The summed E-state index contributed by atoms with van der Waals surface area (Å²) in [6.07, 6.45) is 5.62. The monoisotopic (exact) mass is 254 g/mol. The van der Waals surface area contributed by atoms with Gasteiger partial charge in [0.1, 0.15) is 0 Å². The fourth-order valence-electron chi connectivity index (χ4n) is 3.30. The molecule has 1 saturated carbocycles. The lowest BCUT2D eigenvalue weighted by atomic mass is 9.78. The topological polar surface area (TPSA) is 66.6 Å². The maximum Gasteiger partial charge on any atom is 0.225 e. The maximum absolute atomic E-state index is 12.4. The van der Waals surface area contributed by atoms with E-state index in [2.05, 4.69) is 6.92 Å². The number of nitrogens with two attached hydrogens (primary N) is 1. The third-order valence-corrected chi connectivity index (χ3v) is 4.63. The van der Waals surface area contributed by atoms with E-state index in [1.165, 1.54) is 0 Å². The van der Waals surface area contributed by atoms with Crippen molar-refractivity contribution in [1.82, 2.24) is 4.90 Å². The number of nitrogens with zero attached hydrogens (tertiary/aromatic N) is 1. The van der Waals surface area contributed by atoms with Gasteiger partial charge in [-0.1, -0.05) is 13.3 Å². The Morgan fingerprint density at radius 2 is 1.94 bits per heavy atom. The Kier molecular flexibility index (Phi) is 4.62. The zero-order valence-electron chi connectivity index (χ0n) is 11.3. The fourth-order valence-corrected chi connectivity index (χ4v) is 3.30. The van der Waals surface area contributed by atoms with Crippen LogP contribution >= 0.6 is 0 Å². The highest BCUT2D eigenvalue weighted by molar-refractivity contribution is 5.78. The van der Waals surface area contributed by atoms with Crippen LogP contribution in [0.15, 0.2) is 0 Å². The van der Waals surface area contributed by atoms with Crippen molar-refractivity contribution < 1.29 is 9.90 Å². The van der Waals surface area contributed by atoms with Gasteiger partial charge in [0.15, 0.2) is 0 Å². The average Bonchev–Trinajstić information content (AvgIpc) is 2.38. The molecule has 18 heavy (non-hydrogen) atoms. The van der Waals surface area contributed by atoms with Crippen molar-refractivity contribution in [3.63, 3.8) is 0 Å². The molecule has 0 aromatic carbocycles. The first-order valence-electron chi connectivity index (χ1n) is 7.30. The molecule has 1 aliphatic heterocycles. The van der Waals surface area contributed by atoms with Gasteiger partial charge in [0.05, 0.1) is 6.10 Å². The number of amides is 1. The number of piperidine rings is 1. The molecule has 0 aromatic rings. The lowest BCUT2D eigenvalue weighted by Gasteiger charge is -2.36.